The Kier molecular flexibility index (Phi) is 6.20. The van der Waals surface area contributed by atoms with Gasteiger partial charge >= 0.3 is 0 Å². The smallest absolute Gasteiger partial charge is 0.240 e. The molecule has 1 aromatic heterocycles. The van der Waals surface area contributed by atoms with Gasteiger partial charge in [0.2, 0.25) is 5.91 Å². The van der Waals surface area contributed by atoms with E-state index in [4.69, 9.17) is 17.0 Å². The predicted molar refractivity (Wildman–Crippen MR) is 107 cm³/mol. The van der Waals surface area contributed by atoms with Crippen LogP contribution in [0.4, 0.5) is 4.39 Å². The van der Waals surface area contributed by atoms with Gasteiger partial charge in [0.1, 0.15) is 18.1 Å². The van der Waals surface area contributed by atoms with Crippen LogP contribution in [0.15, 0.2) is 42.5 Å². The number of amides is 1. The van der Waals surface area contributed by atoms with E-state index in [1.54, 1.807) is 23.6 Å². The number of aromatic nitrogens is 3. The number of aryl methyl sites for hydroxylation is 1. The Morgan fingerprint density at radius 3 is 2.71 bits per heavy atom. The number of aromatic amines is 1. The van der Waals surface area contributed by atoms with Gasteiger partial charge in [0, 0.05) is 12.1 Å². The third-order valence-corrected chi connectivity index (χ3v) is 4.52. The first-order chi connectivity index (χ1) is 13.5. The number of carbonyl (C=O) groups is 1. The minimum atomic E-state index is -0.290. The molecule has 8 heteroatoms. The second-order valence-electron chi connectivity index (χ2n) is 6.26. The summed E-state index contributed by atoms with van der Waals surface area (Å²) in [6, 6.07) is 12.3. The molecule has 0 aliphatic carbocycles. The summed E-state index contributed by atoms with van der Waals surface area (Å²) in [7, 11) is 0. The zero-order valence-corrected chi connectivity index (χ0v) is 16.5. The summed E-state index contributed by atoms with van der Waals surface area (Å²) in [6.07, 6.45) is 0. The van der Waals surface area contributed by atoms with Gasteiger partial charge in [-0.1, -0.05) is 12.1 Å². The number of benzene rings is 2. The number of ether oxygens (including phenoxy) is 1. The summed E-state index contributed by atoms with van der Waals surface area (Å²) in [5.74, 6) is 0.784. The standard InChI is InChI=1S/C20H21FN4O2S/c1-3-27-16-8-6-15(7-9-16)19-23-24-20(28)25(19)12-18(26)22-11-14-5-4-13(2)17(21)10-14/h4-10H,3,11-12H2,1-2H3,(H,22,26)(H,24,28). The molecular formula is C20H21FN4O2S. The normalized spacial score (nSPS) is 10.7. The van der Waals surface area contributed by atoms with Crippen molar-refractivity contribution < 1.29 is 13.9 Å². The summed E-state index contributed by atoms with van der Waals surface area (Å²) >= 11 is 5.26. The fraction of sp³-hybridized carbons (Fsp3) is 0.250. The van der Waals surface area contributed by atoms with Crippen LogP contribution in [0.5, 0.6) is 5.75 Å². The molecule has 0 saturated carbocycles. The van der Waals surface area contributed by atoms with Crippen LogP contribution < -0.4 is 10.1 Å². The molecule has 0 aliphatic rings. The number of halogens is 1. The SMILES string of the molecule is CCOc1ccc(-c2n[nH]c(=S)n2CC(=O)NCc2ccc(C)c(F)c2)cc1. The monoisotopic (exact) mass is 400 g/mol. The highest BCUT2D eigenvalue weighted by Gasteiger charge is 2.13. The number of H-pyrrole nitrogens is 1. The number of nitrogens with zero attached hydrogens (tertiary/aromatic N) is 2. The van der Waals surface area contributed by atoms with Gasteiger partial charge in [-0.15, -0.1) is 0 Å². The molecule has 2 N–H and O–H groups in total. The largest absolute Gasteiger partial charge is 0.494 e. The topological polar surface area (TPSA) is 71.9 Å². The van der Waals surface area contributed by atoms with E-state index in [1.165, 1.54) is 6.07 Å². The Morgan fingerprint density at radius 1 is 1.29 bits per heavy atom. The van der Waals surface area contributed by atoms with Crippen LogP contribution in [0.3, 0.4) is 0 Å². The van der Waals surface area contributed by atoms with E-state index in [1.807, 2.05) is 31.2 Å². The molecule has 3 rings (SSSR count). The Bertz CT molecular complexity index is 1030. The van der Waals surface area contributed by atoms with Crippen LogP contribution in [-0.4, -0.2) is 27.3 Å². The molecule has 1 heterocycles. The highest BCUT2D eigenvalue weighted by atomic mass is 32.1. The second-order valence-corrected chi connectivity index (χ2v) is 6.64. The third kappa shape index (κ3) is 4.64. The van der Waals surface area contributed by atoms with Gasteiger partial charge in [0.05, 0.1) is 6.61 Å². The highest BCUT2D eigenvalue weighted by molar-refractivity contribution is 7.71. The molecule has 1 amide bonds. The lowest BCUT2D eigenvalue weighted by molar-refractivity contribution is -0.121. The van der Waals surface area contributed by atoms with Gasteiger partial charge in [0.25, 0.3) is 0 Å². The predicted octanol–water partition coefficient (Wildman–Crippen LogP) is 3.77. The van der Waals surface area contributed by atoms with Crippen molar-refractivity contribution in [3.8, 4) is 17.1 Å². The first kappa shape index (κ1) is 19.8. The van der Waals surface area contributed by atoms with E-state index >= 15 is 0 Å². The number of hydrogen-bond acceptors (Lipinski definition) is 4. The van der Waals surface area contributed by atoms with Crippen molar-refractivity contribution in [2.45, 2.75) is 26.9 Å². The Morgan fingerprint density at radius 2 is 2.04 bits per heavy atom. The van der Waals surface area contributed by atoms with E-state index in [9.17, 15) is 9.18 Å². The minimum Gasteiger partial charge on any atom is -0.494 e. The Labute approximate surface area is 167 Å². The van der Waals surface area contributed by atoms with Crippen LogP contribution >= 0.6 is 12.2 Å². The van der Waals surface area contributed by atoms with Crippen molar-refractivity contribution in [3.63, 3.8) is 0 Å². The van der Waals surface area contributed by atoms with Crippen LogP contribution in [0.25, 0.3) is 11.4 Å². The van der Waals surface area contributed by atoms with Crippen LogP contribution in [0.1, 0.15) is 18.1 Å². The molecule has 28 heavy (non-hydrogen) atoms. The molecule has 0 spiro atoms. The molecule has 2 aromatic carbocycles. The molecule has 0 atom stereocenters. The molecule has 0 aliphatic heterocycles. The first-order valence-electron chi connectivity index (χ1n) is 8.88. The molecule has 0 bridgehead atoms. The molecular weight excluding hydrogens is 379 g/mol. The van der Waals surface area contributed by atoms with Crippen molar-refractivity contribution in [1.29, 1.82) is 0 Å². The van der Waals surface area contributed by atoms with Crippen LogP contribution in [-0.2, 0) is 17.9 Å². The lowest BCUT2D eigenvalue weighted by atomic mass is 10.1. The van der Waals surface area contributed by atoms with Crippen molar-refractivity contribution >= 4 is 18.1 Å². The summed E-state index contributed by atoms with van der Waals surface area (Å²) in [6.45, 7) is 4.44. The maximum absolute atomic E-state index is 13.6. The Balaban J connectivity index is 1.70. The second kappa shape index (κ2) is 8.79. The zero-order valence-electron chi connectivity index (χ0n) is 15.7. The van der Waals surface area contributed by atoms with Crippen molar-refractivity contribution in [2.75, 3.05) is 6.61 Å². The van der Waals surface area contributed by atoms with E-state index in [-0.39, 0.29) is 24.8 Å². The van der Waals surface area contributed by atoms with Gasteiger partial charge in [0.15, 0.2) is 10.6 Å². The van der Waals surface area contributed by atoms with Gasteiger partial charge in [-0.3, -0.25) is 14.5 Å². The minimum absolute atomic E-state index is 0.00617. The van der Waals surface area contributed by atoms with Crippen LogP contribution in [0.2, 0.25) is 0 Å². The molecule has 0 fully saturated rings. The van der Waals surface area contributed by atoms with E-state index in [2.05, 4.69) is 15.5 Å². The van der Waals surface area contributed by atoms with Gasteiger partial charge < -0.3 is 10.1 Å². The number of nitrogens with one attached hydrogen (secondary N) is 2. The summed E-state index contributed by atoms with van der Waals surface area (Å²) < 4.78 is 21.0. The molecule has 6 nitrogen and oxygen atoms in total. The van der Waals surface area contributed by atoms with Crippen molar-refractivity contribution in [2.24, 2.45) is 0 Å². The summed E-state index contributed by atoms with van der Waals surface area (Å²) in [5.41, 5.74) is 2.07. The quantitative estimate of drug-likeness (QED) is 0.592. The maximum Gasteiger partial charge on any atom is 0.240 e. The zero-order chi connectivity index (χ0) is 20.1. The van der Waals surface area contributed by atoms with Crippen molar-refractivity contribution in [1.82, 2.24) is 20.1 Å². The molecule has 0 unspecified atom stereocenters. The van der Waals surface area contributed by atoms with Crippen molar-refractivity contribution in [3.05, 3.63) is 64.2 Å². The molecule has 3 aromatic rings. The van der Waals surface area contributed by atoms with Gasteiger partial charge in [-0.2, -0.15) is 5.10 Å². The van der Waals surface area contributed by atoms with Gasteiger partial charge in [-0.05, 0) is 67.5 Å². The number of hydrogen-bond donors (Lipinski definition) is 2. The summed E-state index contributed by atoms with van der Waals surface area (Å²) in [5, 5.41) is 9.73. The molecule has 146 valence electrons. The number of rotatable bonds is 7. The average molecular weight is 400 g/mol. The average Bonchev–Trinajstić information content (AvgIpc) is 3.04. The third-order valence-electron chi connectivity index (χ3n) is 4.21. The summed E-state index contributed by atoms with van der Waals surface area (Å²) in [4.78, 5) is 12.4. The fourth-order valence-electron chi connectivity index (χ4n) is 2.70. The highest BCUT2D eigenvalue weighted by Crippen LogP contribution is 2.21. The lowest BCUT2D eigenvalue weighted by Gasteiger charge is -2.09. The number of carbonyl (C=O) groups excluding carboxylic acids is 1. The van der Waals surface area contributed by atoms with E-state index in [0.29, 0.717) is 28.3 Å². The van der Waals surface area contributed by atoms with Crippen LogP contribution in [0, 0.1) is 17.5 Å². The first-order valence-corrected chi connectivity index (χ1v) is 9.29. The maximum atomic E-state index is 13.6. The van der Waals surface area contributed by atoms with Gasteiger partial charge in [-0.25, -0.2) is 4.39 Å². The molecule has 0 radical (unpaired) electrons. The van der Waals surface area contributed by atoms with E-state index < -0.39 is 0 Å². The lowest BCUT2D eigenvalue weighted by Crippen LogP contribution is -2.27. The Hall–Kier alpha value is -3.00. The fourth-order valence-corrected chi connectivity index (χ4v) is 2.89. The van der Waals surface area contributed by atoms with E-state index in [0.717, 1.165) is 11.3 Å². The molecule has 0 saturated heterocycles.